The fraction of sp³-hybridized carbons (Fsp3) is 0.0476. The molecule has 4 aromatic carbocycles. The smallest absolute Gasteiger partial charge is 0.416 e. The van der Waals surface area contributed by atoms with Gasteiger partial charge in [-0.2, -0.15) is 13.2 Å². The van der Waals surface area contributed by atoms with E-state index < -0.39 is 11.7 Å². The molecule has 0 aliphatic carbocycles. The van der Waals surface area contributed by atoms with Crippen molar-refractivity contribution in [2.24, 2.45) is 0 Å². The average Bonchev–Trinajstić information content (AvgIpc) is 2.62. The van der Waals surface area contributed by atoms with Crippen molar-refractivity contribution in [3.63, 3.8) is 0 Å². The van der Waals surface area contributed by atoms with E-state index in [1.54, 1.807) is 0 Å². The van der Waals surface area contributed by atoms with Crippen molar-refractivity contribution in [3.8, 4) is 16.9 Å². The Morgan fingerprint density at radius 2 is 1.24 bits per heavy atom. The molecule has 25 heavy (non-hydrogen) atoms. The second-order valence-electron chi connectivity index (χ2n) is 5.89. The van der Waals surface area contributed by atoms with Crippen LogP contribution < -0.4 is 0 Å². The van der Waals surface area contributed by atoms with Gasteiger partial charge in [-0.15, -0.1) is 0 Å². The minimum absolute atomic E-state index is 0.133. The minimum Gasteiger partial charge on any atom is -0.507 e. The Bertz CT molecular complexity index is 1080. The van der Waals surface area contributed by atoms with Crippen molar-refractivity contribution >= 4 is 21.5 Å². The Labute approximate surface area is 142 Å². The van der Waals surface area contributed by atoms with E-state index in [2.05, 4.69) is 0 Å². The summed E-state index contributed by atoms with van der Waals surface area (Å²) >= 11 is 0. The van der Waals surface area contributed by atoms with Crippen LogP contribution in [0.15, 0.2) is 72.8 Å². The molecule has 0 heterocycles. The van der Waals surface area contributed by atoms with Gasteiger partial charge in [0.25, 0.3) is 0 Å². The van der Waals surface area contributed by atoms with E-state index in [1.165, 1.54) is 6.07 Å². The molecule has 0 saturated carbocycles. The maximum atomic E-state index is 13.1. The summed E-state index contributed by atoms with van der Waals surface area (Å²) in [6, 6.07) is 20.1. The van der Waals surface area contributed by atoms with Gasteiger partial charge in [-0.1, -0.05) is 60.7 Å². The van der Waals surface area contributed by atoms with E-state index in [9.17, 15) is 18.3 Å². The van der Waals surface area contributed by atoms with Crippen molar-refractivity contribution in [3.05, 3.63) is 78.4 Å². The van der Waals surface area contributed by atoms with E-state index in [0.29, 0.717) is 10.9 Å². The maximum absolute atomic E-state index is 13.1. The van der Waals surface area contributed by atoms with Crippen LogP contribution in [0.25, 0.3) is 32.7 Å². The van der Waals surface area contributed by atoms with Crippen LogP contribution in [0.4, 0.5) is 13.2 Å². The van der Waals surface area contributed by atoms with Gasteiger partial charge in [0.1, 0.15) is 5.75 Å². The molecule has 4 rings (SSSR count). The van der Waals surface area contributed by atoms with Crippen molar-refractivity contribution < 1.29 is 18.3 Å². The van der Waals surface area contributed by atoms with E-state index in [-0.39, 0.29) is 11.1 Å². The summed E-state index contributed by atoms with van der Waals surface area (Å²) in [5, 5.41) is 13.2. The molecule has 0 aliphatic rings. The van der Waals surface area contributed by atoms with Gasteiger partial charge in [-0.25, -0.2) is 0 Å². The average molecular weight is 338 g/mol. The zero-order valence-electron chi connectivity index (χ0n) is 13.0. The van der Waals surface area contributed by atoms with Crippen LogP contribution in [0.2, 0.25) is 0 Å². The quantitative estimate of drug-likeness (QED) is 0.399. The number of alkyl halides is 3. The van der Waals surface area contributed by atoms with Crippen LogP contribution >= 0.6 is 0 Å². The Morgan fingerprint density at radius 3 is 1.92 bits per heavy atom. The molecule has 0 saturated heterocycles. The van der Waals surface area contributed by atoms with Gasteiger partial charge in [0.05, 0.1) is 5.56 Å². The lowest BCUT2D eigenvalue weighted by Gasteiger charge is -2.15. The number of hydrogen-bond acceptors (Lipinski definition) is 1. The molecule has 4 heteroatoms. The van der Waals surface area contributed by atoms with Crippen molar-refractivity contribution in [1.29, 1.82) is 0 Å². The highest BCUT2D eigenvalue weighted by atomic mass is 19.4. The van der Waals surface area contributed by atoms with Crippen molar-refractivity contribution in [2.45, 2.75) is 6.18 Å². The van der Waals surface area contributed by atoms with E-state index >= 15 is 0 Å². The molecule has 0 radical (unpaired) electrons. The summed E-state index contributed by atoms with van der Waals surface area (Å²) in [6.45, 7) is 0. The van der Waals surface area contributed by atoms with E-state index in [4.69, 9.17) is 0 Å². The van der Waals surface area contributed by atoms with Crippen LogP contribution in [0.3, 0.4) is 0 Å². The lowest BCUT2D eigenvalue weighted by molar-refractivity contribution is -0.137. The third-order valence-corrected chi connectivity index (χ3v) is 4.39. The van der Waals surface area contributed by atoms with Gasteiger partial charge in [0.2, 0.25) is 0 Å². The standard InChI is InChI=1S/C21H13F3O/c22-21(23,24)14-10-11-16-15-8-4-5-9-17(15)19(20(25)18(16)12-14)13-6-2-1-3-7-13/h1-12,25H. The second kappa shape index (κ2) is 5.52. The van der Waals surface area contributed by atoms with Crippen LogP contribution in [0.1, 0.15) is 5.56 Å². The van der Waals surface area contributed by atoms with Gasteiger partial charge < -0.3 is 5.11 Å². The summed E-state index contributed by atoms with van der Waals surface area (Å²) < 4.78 is 39.3. The molecule has 0 fully saturated rings. The summed E-state index contributed by atoms with van der Waals surface area (Å²) in [5.41, 5.74) is 0.531. The van der Waals surface area contributed by atoms with Crippen LogP contribution in [-0.4, -0.2) is 5.11 Å². The monoisotopic (exact) mass is 338 g/mol. The highest BCUT2D eigenvalue weighted by Gasteiger charge is 2.31. The molecule has 0 unspecified atom stereocenters. The molecule has 124 valence electrons. The molecule has 0 atom stereocenters. The number of rotatable bonds is 1. The van der Waals surface area contributed by atoms with Crippen LogP contribution in [-0.2, 0) is 6.18 Å². The molecule has 0 spiro atoms. The number of hydrogen-bond donors (Lipinski definition) is 1. The Balaban J connectivity index is 2.18. The zero-order valence-corrected chi connectivity index (χ0v) is 13.0. The minimum atomic E-state index is -4.46. The van der Waals surface area contributed by atoms with Crippen molar-refractivity contribution in [1.82, 2.24) is 0 Å². The predicted octanol–water partition coefficient (Wildman–Crippen LogP) is 6.38. The van der Waals surface area contributed by atoms with Crippen LogP contribution in [0, 0.1) is 0 Å². The third-order valence-electron chi connectivity index (χ3n) is 4.39. The Morgan fingerprint density at radius 1 is 0.640 bits per heavy atom. The first-order valence-electron chi connectivity index (χ1n) is 7.77. The molecule has 1 nitrogen and oxygen atoms in total. The summed E-state index contributed by atoms with van der Waals surface area (Å²) in [4.78, 5) is 0. The first-order valence-corrected chi connectivity index (χ1v) is 7.77. The number of benzene rings is 4. The fourth-order valence-corrected chi connectivity index (χ4v) is 3.25. The van der Waals surface area contributed by atoms with Gasteiger partial charge in [0.15, 0.2) is 0 Å². The highest BCUT2D eigenvalue weighted by molar-refractivity contribution is 6.17. The number of fused-ring (bicyclic) bond motifs is 3. The fourth-order valence-electron chi connectivity index (χ4n) is 3.25. The van der Waals surface area contributed by atoms with Gasteiger partial charge in [-0.3, -0.25) is 0 Å². The molecule has 0 amide bonds. The lowest BCUT2D eigenvalue weighted by atomic mass is 9.91. The SMILES string of the molecule is Oc1c(-c2ccccc2)c2ccccc2c2ccc(C(F)(F)F)cc12. The van der Waals surface area contributed by atoms with E-state index in [0.717, 1.165) is 28.5 Å². The van der Waals surface area contributed by atoms with Gasteiger partial charge in [-0.05, 0) is 33.9 Å². The molecular formula is C21H13F3O. The predicted molar refractivity (Wildman–Crippen MR) is 93.6 cm³/mol. The lowest BCUT2D eigenvalue weighted by Crippen LogP contribution is -2.04. The Kier molecular flexibility index (Phi) is 3.42. The maximum Gasteiger partial charge on any atom is 0.416 e. The Hall–Kier alpha value is -3.01. The molecule has 0 aliphatic heterocycles. The number of phenols is 1. The van der Waals surface area contributed by atoms with Crippen LogP contribution in [0.5, 0.6) is 5.75 Å². The summed E-state index contributed by atoms with van der Waals surface area (Å²) in [6.07, 6.45) is -4.46. The van der Waals surface area contributed by atoms with Gasteiger partial charge in [0, 0.05) is 10.9 Å². The topological polar surface area (TPSA) is 20.2 Å². The van der Waals surface area contributed by atoms with E-state index in [1.807, 2.05) is 54.6 Å². The first-order chi connectivity index (χ1) is 12.0. The molecule has 0 bridgehead atoms. The number of halogens is 3. The molecule has 0 aromatic heterocycles. The molecular weight excluding hydrogens is 325 g/mol. The normalized spacial score (nSPS) is 12.0. The van der Waals surface area contributed by atoms with Gasteiger partial charge >= 0.3 is 6.18 Å². The second-order valence-corrected chi connectivity index (χ2v) is 5.89. The molecule has 4 aromatic rings. The number of aromatic hydroxyl groups is 1. The third kappa shape index (κ3) is 2.50. The highest BCUT2D eigenvalue weighted by Crippen LogP contribution is 2.44. The molecule has 1 N–H and O–H groups in total. The summed E-state index contributed by atoms with van der Waals surface area (Å²) in [7, 11) is 0. The first kappa shape index (κ1) is 15.5. The number of phenolic OH excluding ortho intramolecular Hbond substituents is 1. The summed E-state index contributed by atoms with van der Waals surface area (Å²) in [5.74, 6) is -0.133. The largest absolute Gasteiger partial charge is 0.507 e. The zero-order chi connectivity index (χ0) is 17.6. The van der Waals surface area contributed by atoms with Crippen molar-refractivity contribution in [2.75, 3.05) is 0 Å².